The van der Waals surface area contributed by atoms with Crippen molar-refractivity contribution in [3.05, 3.63) is 29.8 Å². The summed E-state index contributed by atoms with van der Waals surface area (Å²) in [6, 6.07) is 7.56. The molecule has 25 heavy (non-hydrogen) atoms. The molecular weight excluding hydrogens is 362 g/mol. The van der Waals surface area contributed by atoms with Crippen LogP contribution in [0.1, 0.15) is 38.1 Å². The van der Waals surface area contributed by atoms with Gasteiger partial charge in [0, 0.05) is 19.6 Å². The van der Waals surface area contributed by atoms with Gasteiger partial charge in [-0.25, -0.2) is 4.79 Å². The summed E-state index contributed by atoms with van der Waals surface area (Å²) >= 11 is 0. The SMILES string of the molecule is CCO.CCOC(=O)c1ccc(PCP(OCC)OCC)cc1.CO. The van der Waals surface area contributed by atoms with Crippen LogP contribution in [-0.2, 0) is 13.8 Å². The third kappa shape index (κ3) is 14.3. The lowest BCUT2D eigenvalue weighted by Gasteiger charge is -2.15. The molecule has 8 heteroatoms. The Morgan fingerprint density at radius 1 is 1.00 bits per heavy atom. The van der Waals surface area contributed by atoms with Gasteiger partial charge in [-0.2, -0.15) is 0 Å². The number of aliphatic hydroxyl groups is 2. The molecule has 0 saturated heterocycles. The van der Waals surface area contributed by atoms with Crippen LogP contribution in [0.15, 0.2) is 24.3 Å². The first kappa shape index (κ1) is 26.6. The summed E-state index contributed by atoms with van der Waals surface area (Å²) < 4.78 is 16.1. The molecule has 0 fully saturated rings. The highest BCUT2D eigenvalue weighted by atomic mass is 31.2. The molecule has 1 atom stereocenters. The summed E-state index contributed by atoms with van der Waals surface area (Å²) in [7, 11) is 0.832. The number of benzene rings is 1. The van der Waals surface area contributed by atoms with Crippen molar-refractivity contribution in [1.82, 2.24) is 0 Å². The highest BCUT2D eigenvalue weighted by Crippen LogP contribution is 2.43. The maximum Gasteiger partial charge on any atom is 0.338 e. The van der Waals surface area contributed by atoms with E-state index in [0.717, 1.165) is 13.0 Å². The monoisotopic (exact) mass is 394 g/mol. The van der Waals surface area contributed by atoms with Gasteiger partial charge in [-0.1, -0.05) is 20.7 Å². The van der Waals surface area contributed by atoms with Gasteiger partial charge in [-0.05, 0) is 45.1 Å². The third-order valence-corrected chi connectivity index (χ3v) is 5.85. The largest absolute Gasteiger partial charge is 0.462 e. The first-order valence-corrected chi connectivity index (χ1v) is 10.8. The molecule has 0 spiro atoms. The number of hydrogen-bond acceptors (Lipinski definition) is 6. The van der Waals surface area contributed by atoms with Gasteiger partial charge in [0.2, 0.25) is 0 Å². The highest BCUT2D eigenvalue weighted by Gasteiger charge is 2.10. The molecule has 0 saturated carbocycles. The second-order valence-corrected chi connectivity index (χ2v) is 7.49. The quantitative estimate of drug-likeness (QED) is 0.495. The minimum Gasteiger partial charge on any atom is -0.462 e. The van der Waals surface area contributed by atoms with Gasteiger partial charge < -0.3 is 24.0 Å². The van der Waals surface area contributed by atoms with Crippen LogP contribution in [0.2, 0.25) is 0 Å². The summed E-state index contributed by atoms with van der Waals surface area (Å²) in [5, 5.41) is 15.8. The predicted octanol–water partition coefficient (Wildman–Crippen LogP) is 3.12. The maximum atomic E-state index is 11.5. The van der Waals surface area contributed by atoms with Gasteiger partial charge in [0.15, 0.2) is 8.38 Å². The zero-order valence-corrected chi connectivity index (χ0v) is 17.7. The second kappa shape index (κ2) is 19.7. The molecule has 0 bridgehead atoms. The van der Waals surface area contributed by atoms with Crippen molar-refractivity contribution in [1.29, 1.82) is 0 Å². The molecule has 0 aromatic heterocycles. The van der Waals surface area contributed by atoms with E-state index in [0.29, 0.717) is 34.0 Å². The van der Waals surface area contributed by atoms with Gasteiger partial charge in [0.1, 0.15) is 0 Å². The molecule has 146 valence electrons. The van der Waals surface area contributed by atoms with E-state index < -0.39 is 8.38 Å². The van der Waals surface area contributed by atoms with Gasteiger partial charge in [0.25, 0.3) is 0 Å². The van der Waals surface area contributed by atoms with Crippen LogP contribution < -0.4 is 5.30 Å². The summed E-state index contributed by atoms with van der Waals surface area (Å²) in [5.74, 6) is 0.628. The summed E-state index contributed by atoms with van der Waals surface area (Å²) in [4.78, 5) is 11.5. The fourth-order valence-corrected chi connectivity index (χ4v) is 4.54. The fraction of sp³-hybridized carbons (Fsp3) is 0.588. The molecule has 0 radical (unpaired) electrons. The number of ether oxygens (including phenoxy) is 1. The van der Waals surface area contributed by atoms with Crippen molar-refractivity contribution in [2.24, 2.45) is 0 Å². The fourth-order valence-electron chi connectivity index (χ4n) is 1.51. The Balaban J connectivity index is 0. The average molecular weight is 394 g/mol. The van der Waals surface area contributed by atoms with E-state index >= 15 is 0 Å². The predicted molar refractivity (Wildman–Crippen MR) is 106 cm³/mol. The number of esters is 1. The lowest BCUT2D eigenvalue weighted by molar-refractivity contribution is 0.0526. The Labute approximate surface area is 154 Å². The lowest BCUT2D eigenvalue weighted by atomic mass is 10.2. The van der Waals surface area contributed by atoms with Gasteiger partial charge in [-0.3, -0.25) is 0 Å². The van der Waals surface area contributed by atoms with Crippen LogP contribution in [0.3, 0.4) is 0 Å². The first-order valence-electron chi connectivity index (χ1n) is 8.22. The van der Waals surface area contributed by atoms with Crippen LogP contribution >= 0.6 is 17.0 Å². The molecule has 0 aliphatic heterocycles. The molecule has 6 nitrogen and oxygen atoms in total. The van der Waals surface area contributed by atoms with Crippen LogP contribution in [0.4, 0.5) is 0 Å². The summed E-state index contributed by atoms with van der Waals surface area (Å²) in [5.41, 5.74) is 0.595. The Morgan fingerprint density at radius 2 is 1.48 bits per heavy atom. The van der Waals surface area contributed by atoms with Crippen molar-refractivity contribution >= 4 is 28.2 Å². The molecule has 1 aromatic carbocycles. The zero-order valence-electron chi connectivity index (χ0n) is 15.8. The summed E-state index contributed by atoms with van der Waals surface area (Å²) in [6.45, 7) is 9.44. The van der Waals surface area contributed by atoms with Crippen LogP contribution in [0.25, 0.3) is 0 Å². The van der Waals surface area contributed by atoms with Crippen LogP contribution in [0, 0.1) is 0 Å². The average Bonchev–Trinajstić information content (AvgIpc) is 2.63. The molecule has 0 amide bonds. The molecule has 0 aliphatic rings. The van der Waals surface area contributed by atoms with Crippen molar-refractivity contribution < 1.29 is 28.8 Å². The van der Waals surface area contributed by atoms with Crippen molar-refractivity contribution in [3.63, 3.8) is 0 Å². The van der Waals surface area contributed by atoms with Crippen LogP contribution in [0.5, 0.6) is 0 Å². The van der Waals surface area contributed by atoms with E-state index in [2.05, 4.69) is 0 Å². The van der Waals surface area contributed by atoms with E-state index in [4.69, 9.17) is 24.0 Å². The van der Waals surface area contributed by atoms with E-state index in [9.17, 15) is 4.79 Å². The standard InChI is InChI=1S/C14H22O4P2.C2H6O.CH4O/c1-4-16-14(15)12-7-9-13(10-8-12)19-11-20(17-5-2)18-6-3;1-2-3;1-2/h7-10,19H,4-6,11H2,1-3H3;3H,2H2,1H3;2H,1H3. The molecular formula is C17H32O6P2. The Kier molecular flexibility index (Phi) is 21.0. The molecule has 1 rings (SSSR count). The number of rotatable bonds is 9. The van der Waals surface area contributed by atoms with E-state index in [1.54, 1.807) is 13.8 Å². The van der Waals surface area contributed by atoms with Crippen molar-refractivity contribution in [3.8, 4) is 0 Å². The van der Waals surface area contributed by atoms with E-state index in [1.807, 2.05) is 38.1 Å². The van der Waals surface area contributed by atoms with E-state index in [1.165, 1.54) is 5.30 Å². The number of hydrogen-bond donors (Lipinski definition) is 2. The molecule has 1 unspecified atom stereocenters. The minimum absolute atomic E-state index is 0.250. The minimum atomic E-state index is -0.790. The molecule has 0 aliphatic carbocycles. The molecule has 0 heterocycles. The number of carbonyl (C=O) groups excluding carboxylic acids is 1. The lowest BCUT2D eigenvalue weighted by Crippen LogP contribution is -2.06. The number of carbonyl (C=O) groups is 1. The van der Waals surface area contributed by atoms with E-state index in [-0.39, 0.29) is 12.6 Å². The second-order valence-electron chi connectivity index (χ2n) is 4.12. The number of aliphatic hydroxyl groups excluding tert-OH is 2. The Bertz CT molecular complexity index is 408. The smallest absolute Gasteiger partial charge is 0.338 e. The zero-order chi connectivity index (χ0) is 19.5. The van der Waals surface area contributed by atoms with Crippen LogP contribution in [-0.4, -0.2) is 55.6 Å². The molecule has 1 aromatic rings. The maximum absolute atomic E-state index is 11.5. The van der Waals surface area contributed by atoms with Gasteiger partial charge in [0.05, 0.1) is 25.4 Å². The molecule has 2 N–H and O–H groups in total. The van der Waals surface area contributed by atoms with Crippen molar-refractivity contribution in [2.45, 2.75) is 27.7 Å². The van der Waals surface area contributed by atoms with Gasteiger partial charge in [-0.15, -0.1) is 0 Å². The van der Waals surface area contributed by atoms with Gasteiger partial charge >= 0.3 is 5.97 Å². The van der Waals surface area contributed by atoms with Crippen molar-refractivity contribution in [2.75, 3.05) is 39.4 Å². The Morgan fingerprint density at radius 3 is 1.88 bits per heavy atom. The topological polar surface area (TPSA) is 85.2 Å². The Hall–Kier alpha value is -0.610. The normalized spacial score (nSPS) is 10.1. The first-order chi connectivity index (χ1) is 12.1. The third-order valence-electron chi connectivity index (χ3n) is 2.35. The summed E-state index contributed by atoms with van der Waals surface area (Å²) in [6.07, 6.45) is 0. The highest BCUT2D eigenvalue weighted by molar-refractivity contribution is 7.64.